The predicted octanol–water partition coefficient (Wildman–Crippen LogP) is 3.32. The number of rotatable bonds is 3. The SMILES string of the molecule is N=C(N)c1cccc(I)c1Nc1ccccc1. The van der Waals surface area contributed by atoms with E-state index in [2.05, 4.69) is 27.9 Å². The summed E-state index contributed by atoms with van der Waals surface area (Å²) in [5, 5.41) is 10.9. The van der Waals surface area contributed by atoms with Gasteiger partial charge in [-0.05, 0) is 46.9 Å². The summed E-state index contributed by atoms with van der Waals surface area (Å²) >= 11 is 2.23. The van der Waals surface area contributed by atoms with Crippen molar-refractivity contribution >= 4 is 39.8 Å². The average molecular weight is 337 g/mol. The van der Waals surface area contributed by atoms with Crippen LogP contribution in [-0.2, 0) is 0 Å². The summed E-state index contributed by atoms with van der Waals surface area (Å²) in [5.74, 6) is 0.0712. The van der Waals surface area contributed by atoms with E-state index in [4.69, 9.17) is 11.1 Å². The molecule has 0 heterocycles. The van der Waals surface area contributed by atoms with Gasteiger partial charge in [0.25, 0.3) is 0 Å². The molecule has 4 N–H and O–H groups in total. The summed E-state index contributed by atoms with van der Waals surface area (Å²) in [6, 6.07) is 15.6. The molecule has 3 nitrogen and oxygen atoms in total. The third-order valence-corrected chi connectivity index (χ3v) is 3.25. The molecule has 17 heavy (non-hydrogen) atoms. The second kappa shape index (κ2) is 5.18. The first kappa shape index (κ1) is 11.9. The van der Waals surface area contributed by atoms with Gasteiger partial charge in [-0.15, -0.1) is 0 Å². The summed E-state index contributed by atoms with van der Waals surface area (Å²) in [6.07, 6.45) is 0. The molecule has 0 fully saturated rings. The van der Waals surface area contributed by atoms with Gasteiger partial charge in [0, 0.05) is 14.8 Å². The van der Waals surface area contributed by atoms with Gasteiger partial charge in [-0.3, -0.25) is 5.41 Å². The van der Waals surface area contributed by atoms with Crippen molar-refractivity contribution in [3.05, 3.63) is 57.7 Å². The lowest BCUT2D eigenvalue weighted by Gasteiger charge is -2.13. The lowest BCUT2D eigenvalue weighted by molar-refractivity contribution is 1.40. The Morgan fingerprint density at radius 2 is 1.76 bits per heavy atom. The van der Waals surface area contributed by atoms with E-state index in [1.165, 1.54) is 0 Å². The van der Waals surface area contributed by atoms with Crippen molar-refractivity contribution in [2.75, 3.05) is 5.32 Å². The fourth-order valence-corrected chi connectivity index (χ4v) is 2.17. The zero-order valence-electron chi connectivity index (χ0n) is 9.07. The maximum atomic E-state index is 7.57. The Kier molecular flexibility index (Phi) is 3.63. The molecular weight excluding hydrogens is 325 g/mol. The number of hydrogen-bond acceptors (Lipinski definition) is 2. The van der Waals surface area contributed by atoms with Crippen LogP contribution in [0.15, 0.2) is 48.5 Å². The number of nitrogens with one attached hydrogen (secondary N) is 2. The van der Waals surface area contributed by atoms with E-state index in [9.17, 15) is 0 Å². The molecule has 0 amide bonds. The molecular formula is C13H12IN3. The van der Waals surface area contributed by atoms with Gasteiger partial charge in [-0.2, -0.15) is 0 Å². The molecule has 4 heteroatoms. The molecule has 0 spiro atoms. The zero-order valence-corrected chi connectivity index (χ0v) is 11.2. The van der Waals surface area contributed by atoms with Crippen LogP contribution in [0.1, 0.15) is 5.56 Å². The van der Waals surface area contributed by atoms with E-state index in [-0.39, 0.29) is 5.84 Å². The Balaban J connectivity index is 2.41. The van der Waals surface area contributed by atoms with E-state index in [1.54, 1.807) is 0 Å². The zero-order chi connectivity index (χ0) is 12.3. The van der Waals surface area contributed by atoms with E-state index < -0.39 is 0 Å². The minimum atomic E-state index is 0.0712. The maximum Gasteiger partial charge on any atom is 0.124 e. The van der Waals surface area contributed by atoms with Crippen molar-refractivity contribution in [3.8, 4) is 0 Å². The number of nitrogen functional groups attached to an aromatic ring is 1. The quantitative estimate of drug-likeness (QED) is 0.457. The third-order valence-electron chi connectivity index (χ3n) is 2.35. The van der Waals surface area contributed by atoms with Crippen molar-refractivity contribution in [2.45, 2.75) is 0 Å². The summed E-state index contributed by atoms with van der Waals surface area (Å²) in [5.41, 5.74) is 8.17. The average Bonchev–Trinajstić information content (AvgIpc) is 2.33. The Labute approximate surface area is 114 Å². The Morgan fingerprint density at radius 3 is 2.41 bits per heavy atom. The van der Waals surface area contributed by atoms with Crippen molar-refractivity contribution in [3.63, 3.8) is 0 Å². The molecule has 0 aliphatic carbocycles. The van der Waals surface area contributed by atoms with Crippen molar-refractivity contribution in [2.24, 2.45) is 5.73 Å². The van der Waals surface area contributed by atoms with Crippen molar-refractivity contribution in [1.82, 2.24) is 0 Å². The molecule has 0 saturated carbocycles. The van der Waals surface area contributed by atoms with E-state index in [1.807, 2.05) is 48.5 Å². The van der Waals surface area contributed by atoms with Gasteiger partial charge in [0.2, 0.25) is 0 Å². The molecule has 0 bridgehead atoms. The molecule has 0 saturated heterocycles. The topological polar surface area (TPSA) is 61.9 Å². The Morgan fingerprint density at radius 1 is 1.06 bits per heavy atom. The molecule has 0 aliphatic rings. The second-order valence-corrected chi connectivity index (χ2v) is 4.73. The molecule has 0 aliphatic heterocycles. The van der Waals surface area contributed by atoms with Crippen LogP contribution >= 0.6 is 22.6 Å². The Hall–Kier alpha value is -1.56. The van der Waals surface area contributed by atoms with Crippen molar-refractivity contribution in [1.29, 1.82) is 5.41 Å². The van der Waals surface area contributed by atoms with Crippen LogP contribution in [0.5, 0.6) is 0 Å². The summed E-state index contributed by atoms with van der Waals surface area (Å²) in [6.45, 7) is 0. The summed E-state index contributed by atoms with van der Waals surface area (Å²) in [7, 11) is 0. The Bertz CT molecular complexity index is 538. The molecule has 0 radical (unpaired) electrons. The molecule has 0 unspecified atom stereocenters. The van der Waals surface area contributed by atoms with E-state index >= 15 is 0 Å². The highest BCUT2D eigenvalue weighted by molar-refractivity contribution is 14.1. The fraction of sp³-hybridized carbons (Fsp3) is 0. The lowest BCUT2D eigenvalue weighted by atomic mass is 10.1. The van der Waals surface area contributed by atoms with Crippen LogP contribution in [0.3, 0.4) is 0 Å². The maximum absolute atomic E-state index is 7.57. The number of amidine groups is 1. The normalized spacial score (nSPS) is 9.94. The fourth-order valence-electron chi connectivity index (χ4n) is 1.54. The third kappa shape index (κ3) is 2.76. The molecule has 86 valence electrons. The number of benzene rings is 2. The highest BCUT2D eigenvalue weighted by Crippen LogP contribution is 2.26. The molecule has 2 aromatic carbocycles. The van der Waals surface area contributed by atoms with Crippen LogP contribution in [0.25, 0.3) is 0 Å². The number of para-hydroxylation sites is 2. The van der Waals surface area contributed by atoms with Gasteiger partial charge >= 0.3 is 0 Å². The first-order valence-electron chi connectivity index (χ1n) is 5.13. The van der Waals surface area contributed by atoms with Gasteiger partial charge in [0.1, 0.15) is 5.84 Å². The number of halogens is 1. The van der Waals surface area contributed by atoms with Crippen LogP contribution in [0.4, 0.5) is 11.4 Å². The first-order chi connectivity index (χ1) is 8.18. The van der Waals surface area contributed by atoms with Crippen LogP contribution in [0, 0.1) is 8.98 Å². The first-order valence-corrected chi connectivity index (χ1v) is 6.21. The standard InChI is InChI=1S/C13H12IN3/c14-11-8-4-7-10(13(15)16)12(11)17-9-5-2-1-3-6-9/h1-8,17H,(H3,15,16). The second-order valence-electron chi connectivity index (χ2n) is 3.57. The summed E-state index contributed by atoms with van der Waals surface area (Å²) < 4.78 is 1.04. The number of anilines is 2. The number of hydrogen-bond donors (Lipinski definition) is 3. The number of nitrogens with two attached hydrogens (primary N) is 1. The van der Waals surface area contributed by atoms with E-state index in [0.29, 0.717) is 0 Å². The highest BCUT2D eigenvalue weighted by Gasteiger charge is 2.08. The molecule has 0 atom stereocenters. The monoisotopic (exact) mass is 337 g/mol. The largest absolute Gasteiger partial charge is 0.384 e. The highest BCUT2D eigenvalue weighted by atomic mass is 127. The van der Waals surface area contributed by atoms with Gasteiger partial charge in [-0.25, -0.2) is 0 Å². The molecule has 2 rings (SSSR count). The van der Waals surface area contributed by atoms with Crippen LogP contribution in [-0.4, -0.2) is 5.84 Å². The van der Waals surface area contributed by atoms with Gasteiger partial charge in [-0.1, -0.05) is 24.3 Å². The minimum Gasteiger partial charge on any atom is -0.384 e. The van der Waals surface area contributed by atoms with Crippen LogP contribution in [0.2, 0.25) is 0 Å². The van der Waals surface area contributed by atoms with Gasteiger partial charge in [0.15, 0.2) is 0 Å². The van der Waals surface area contributed by atoms with Gasteiger partial charge < -0.3 is 11.1 Å². The van der Waals surface area contributed by atoms with Crippen molar-refractivity contribution < 1.29 is 0 Å². The van der Waals surface area contributed by atoms with E-state index in [0.717, 1.165) is 20.5 Å². The molecule has 2 aromatic rings. The molecule has 0 aromatic heterocycles. The lowest BCUT2D eigenvalue weighted by Crippen LogP contribution is -2.14. The minimum absolute atomic E-state index is 0.0712. The summed E-state index contributed by atoms with van der Waals surface area (Å²) in [4.78, 5) is 0. The van der Waals surface area contributed by atoms with Gasteiger partial charge in [0.05, 0.1) is 5.69 Å². The van der Waals surface area contributed by atoms with Crippen LogP contribution < -0.4 is 11.1 Å². The smallest absolute Gasteiger partial charge is 0.124 e. The predicted molar refractivity (Wildman–Crippen MR) is 79.9 cm³/mol.